The minimum atomic E-state index is -1.63. The zero-order chi connectivity index (χ0) is 25.8. The number of hydrogen-bond donors (Lipinski definition) is 2. The Kier molecular flexibility index (Phi) is 10.9. The van der Waals surface area contributed by atoms with Crippen LogP contribution in [0.2, 0.25) is 0 Å². The van der Waals surface area contributed by atoms with Gasteiger partial charge in [0.15, 0.2) is 0 Å². The fourth-order valence-corrected chi connectivity index (χ4v) is 8.70. The molecule has 7 heteroatoms. The zero-order valence-corrected chi connectivity index (χ0v) is 22.5. The van der Waals surface area contributed by atoms with Gasteiger partial charge in [-0.05, 0) is 0 Å². The van der Waals surface area contributed by atoms with Crippen molar-refractivity contribution in [2.45, 2.75) is 12.8 Å². The van der Waals surface area contributed by atoms with E-state index in [-0.39, 0.29) is 0 Å². The van der Waals surface area contributed by atoms with E-state index in [4.69, 9.17) is 10.2 Å². The Bertz CT molecular complexity index is 1090. The van der Waals surface area contributed by atoms with E-state index < -0.39 is 46.4 Å². The van der Waals surface area contributed by atoms with E-state index in [2.05, 4.69) is 98.1 Å². The number of allylic oxidation sites excluding steroid dienone is 8. The summed E-state index contributed by atoms with van der Waals surface area (Å²) in [4.78, 5) is 18.5. The quantitative estimate of drug-likeness (QED) is 0.286. The van der Waals surface area contributed by atoms with Crippen molar-refractivity contribution in [2.24, 2.45) is 0 Å². The number of carbonyl (C=O) groups is 2. The Balaban J connectivity index is 0.000000301. The number of aliphatic hydroxyl groups excluding tert-OH is 2. The van der Waals surface area contributed by atoms with Gasteiger partial charge in [0.2, 0.25) is 0 Å². The van der Waals surface area contributed by atoms with Crippen LogP contribution in [0.1, 0.15) is 24.0 Å². The molecule has 4 rings (SSSR count). The molecule has 0 saturated carbocycles. The summed E-state index contributed by atoms with van der Waals surface area (Å²) in [6, 6.07) is 21.8. The maximum Gasteiger partial charge on any atom is 0.131 e. The SMILES string of the molecule is C1=CC(c2ccccc2)=[C]([Hf+2][C]2=C(c3ccccc3)C=CC2)C1.C=C(O)C(=O)[O-].C=C(O)C(=O)[O-]. The van der Waals surface area contributed by atoms with Crippen LogP contribution in [0.5, 0.6) is 0 Å². The number of aliphatic carboxylic acids is 2. The maximum atomic E-state index is 9.24. The van der Waals surface area contributed by atoms with Crippen LogP contribution in [0, 0.1) is 0 Å². The van der Waals surface area contributed by atoms with Crippen molar-refractivity contribution in [3.05, 3.63) is 127 Å². The summed E-state index contributed by atoms with van der Waals surface area (Å²) in [6.07, 6.45) is 11.7. The molecule has 35 heavy (non-hydrogen) atoms. The minimum absolute atomic E-state index is 0.935. The molecule has 0 aromatic heterocycles. The first-order chi connectivity index (χ1) is 16.7. The van der Waals surface area contributed by atoms with E-state index in [0.717, 1.165) is 0 Å². The molecular formula is C28H24HfO6. The predicted molar refractivity (Wildman–Crippen MR) is 128 cm³/mol. The molecule has 0 spiro atoms. The van der Waals surface area contributed by atoms with Gasteiger partial charge >= 0.3 is 150 Å². The average molecular weight is 635 g/mol. The van der Waals surface area contributed by atoms with Gasteiger partial charge in [-0.3, -0.25) is 0 Å². The normalized spacial score (nSPS) is 13.3. The Morgan fingerprint density at radius 3 is 1.29 bits per heavy atom. The second-order valence-corrected chi connectivity index (χ2v) is 12.6. The number of carboxylic acids is 2. The van der Waals surface area contributed by atoms with E-state index in [1.165, 1.54) is 35.1 Å². The molecule has 176 valence electrons. The molecule has 2 aromatic rings. The third-order valence-electron chi connectivity index (χ3n) is 4.81. The van der Waals surface area contributed by atoms with E-state index in [1.54, 1.807) is 6.66 Å². The molecule has 2 aliphatic carbocycles. The van der Waals surface area contributed by atoms with Crippen molar-refractivity contribution < 1.29 is 52.9 Å². The Hall–Kier alpha value is -3.71. The molecule has 6 nitrogen and oxygen atoms in total. The molecule has 0 saturated heterocycles. The summed E-state index contributed by atoms with van der Waals surface area (Å²) in [5, 5.41) is 34.0. The van der Waals surface area contributed by atoms with Crippen LogP contribution >= 0.6 is 0 Å². The monoisotopic (exact) mass is 636 g/mol. The van der Waals surface area contributed by atoms with Crippen LogP contribution in [-0.4, -0.2) is 22.2 Å². The number of rotatable bonds is 6. The van der Waals surface area contributed by atoms with E-state index in [0.29, 0.717) is 0 Å². The van der Waals surface area contributed by atoms with Crippen molar-refractivity contribution in [3.63, 3.8) is 0 Å². The fraction of sp³-hybridized carbons (Fsp3) is 0.0714. The molecule has 0 heterocycles. The fourth-order valence-electron chi connectivity index (χ4n) is 3.21. The van der Waals surface area contributed by atoms with Crippen LogP contribution in [-0.2, 0) is 32.5 Å². The minimum Gasteiger partial charge on any atom is -0.542 e. The Morgan fingerprint density at radius 1 is 0.686 bits per heavy atom. The molecule has 0 bridgehead atoms. The van der Waals surface area contributed by atoms with Gasteiger partial charge in [0, 0.05) is 0 Å². The van der Waals surface area contributed by atoms with E-state index >= 15 is 0 Å². The van der Waals surface area contributed by atoms with Gasteiger partial charge in [-0.2, -0.15) is 0 Å². The third-order valence-corrected chi connectivity index (χ3v) is 10.4. The van der Waals surface area contributed by atoms with Gasteiger partial charge in [-0.15, -0.1) is 0 Å². The molecule has 0 atom stereocenters. The number of carboxylic acid groups (broad SMARTS) is 2. The van der Waals surface area contributed by atoms with Gasteiger partial charge < -0.3 is 30.0 Å². The Morgan fingerprint density at radius 2 is 1.00 bits per heavy atom. The maximum absolute atomic E-state index is 9.24. The van der Waals surface area contributed by atoms with Crippen LogP contribution < -0.4 is 10.2 Å². The molecule has 0 radical (unpaired) electrons. The topological polar surface area (TPSA) is 121 Å². The summed E-state index contributed by atoms with van der Waals surface area (Å²) < 4.78 is 3.48. The van der Waals surface area contributed by atoms with Crippen molar-refractivity contribution in [1.29, 1.82) is 0 Å². The molecule has 2 aliphatic rings. The summed E-state index contributed by atoms with van der Waals surface area (Å²) >= 11 is -0.969. The predicted octanol–water partition coefficient (Wildman–Crippen LogP) is 3.43. The van der Waals surface area contributed by atoms with E-state index in [9.17, 15) is 19.8 Å². The first-order valence-electron chi connectivity index (χ1n) is 10.6. The number of aliphatic hydroxyl groups is 2. The van der Waals surface area contributed by atoms with Crippen molar-refractivity contribution in [1.82, 2.24) is 0 Å². The zero-order valence-electron chi connectivity index (χ0n) is 18.9. The number of carbonyl (C=O) groups excluding carboxylic acids is 2. The average Bonchev–Trinajstić information content (AvgIpc) is 3.51. The molecule has 0 unspecified atom stereocenters. The standard InChI is InChI=1S/2C11H9.2C3H4O3.Hf/c2*1-2-6-10(7-3-1)11-8-4-5-9-11;2*1-2(4)3(5)6;/h2*1-4,6-8H,5H2;2*4H,1H2,(H,5,6);/q;;;;+2/p-2. The number of benzene rings is 2. The van der Waals surface area contributed by atoms with Gasteiger partial charge in [0.05, 0.1) is 0 Å². The molecule has 2 N–H and O–H groups in total. The van der Waals surface area contributed by atoms with Crippen LogP contribution in [0.3, 0.4) is 0 Å². The van der Waals surface area contributed by atoms with Crippen LogP contribution in [0.15, 0.2) is 116 Å². The third kappa shape index (κ3) is 8.87. The van der Waals surface area contributed by atoms with E-state index in [1.807, 2.05) is 0 Å². The largest absolute Gasteiger partial charge is 0.542 e. The summed E-state index contributed by atoms with van der Waals surface area (Å²) in [7, 11) is 0. The van der Waals surface area contributed by atoms with Gasteiger partial charge in [0.1, 0.15) is 23.5 Å². The summed E-state index contributed by atoms with van der Waals surface area (Å²) in [5.74, 6) is -5.13. The van der Waals surface area contributed by atoms with Crippen LogP contribution in [0.25, 0.3) is 11.1 Å². The molecule has 0 fully saturated rings. The first-order valence-corrected chi connectivity index (χ1v) is 14.2. The van der Waals surface area contributed by atoms with Crippen LogP contribution in [0.4, 0.5) is 0 Å². The smallest absolute Gasteiger partial charge is 0.131 e. The van der Waals surface area contributed by atoms with Crippen molar-refractivity contribution in [3.8, 4) is 0 Å². The van der Waals surface area contributed by atoms with Crippen molar-refractivity contribution >= 4 is 23.1 Å². The molecular weight excluding hydrogens is 611 g/mol. The first kappa shape index (κ1) is 27.5. The number of hydrogen-bond acceptors (Lipinski definition) is 6. The van der Waals surface area contributed by atoms with Gasteiger partial charge in [-0.1, -0.05) is 13.2 Å². The van der Waals surface area contributed by atoms with Gasteiger partial charge in [0.25, 0.3) is 0 Å². The molecule has 0 amide bonds. The molecule has 2 aromatic carbocycles. The second-order valence-electron chi connectivity index (χ2n) is 7.32. The van der Waals surface area contributed by atoms with Gasteiger partial charge in [-0.25, -0.2) is 0 Å². The summed E-state index contributed by atoms with van der Waals surface area (Å²) in [6.45, 7) is 5.30. The molecule has 0 aliphatic heterocycles. The summed E-state index contributed by atoms with van der Waals surface area (Å²) in [5.41, 5.74) is 5.77. The Labute approximate surface area is 215 Å². The van der Waals surface area contributed by atoms with Crippen molar-refractivity contribution in [2.75, 3.05) is 0 Å². The second kappa shape index (κ2) is 13.9.